The highest BCUT2D eigenvalue weighted by atomic mass is 19.1. The van der Waals surface area contributed by atoms with Crippen molar-refractivity contribution in [3.8, 4) is 0 Å². The molecule has 0 radical (unpaired) electrons. The summed E-state index contributed by atoms with van der Waals surface area (Å²) in [5, 5.41) is 32.4. The van der Waals surface area contributed by atoms with Crippen LogP contribution in [-0.4, -0.2) is 119 Å². The van der Waals surface area contributed by atoms with Crippen LogP contribution in [-0.2, 0) is 38.1 Å². The zero-order valence-electron chi connectivity index (χ0n) is 34.1. The van der Waals surface area contributed by atoms with Crippen LogP contribution >= 0.6 is 0 Å². The molecule has 4 aliphatic rings. The van der Waals surface area contributed by atoms with Crippen LogP contribution in [0.3, 0.4) is 0 Å². The van der Waals surface area contributed by atoms with Gasteiger partial charge in [-0.15, -0.1) is 0 Å². The Morgan fingerprint density at radius 1 is 0.964 bits per heavy atom. The van der Waals surface area contributed by atoms with Crippen molar-refractivity contribution in [1.82, 2.24) is 4.90 Å². The molecule has 4 rings (SSSR count). The average Bonchev–Trinajstić information content (AvgIpc) is 3.17. The maximum atomic E-state index is 16.1. The van der Waals surface area contributed by atoms with E-state index in [4.69, 9.17) is 18.9 Å². The number of ketones is 2. The van der Waals surface area contributed by atoms with E-state index in [1.807, 2.05) is 26.8 Å². The lowest BCUT2D eigenvalue weighted by atomic mass is 9.81. The van der Waals surface area contributed by atoms with E-state index in [1.165, 1.54) is 19.1 Å². The van der Waals surface area contributed by atoms with Crippen LogP contribution in [0.1, 0.15) is 112 Å². The van der Waals surface area contributed by atoms with Crippen LogP contribution < -0.4 is 0 Å². The normalized spacial score (nSPS) is 41.2. The number of cyclic esters (lactones) is 1. The number of Topliss-reactive ketones (excluding diaryl/α,β-unsaturated/α-hetero) is 2. The number of aliphatic hydroxyl groups excluding tert-OH is 2. The molecule has 1 saturated carbocycles. The number of hydrogen-bond donors (Lipinski definition) is 3. The van der Waals surface area contributed by atoms with Gasteiger partial charge in [-0.05, 0) is 107 Å². The first-order chi connectivity index (χ1) is 26.0. The van der Waals surface area contributed by atoms with Crippen LogP contribution in [0, 0.1) is 29.6 Å². The fourth-order valence-corrected chi connectivity index (χ4v) is 9.06. The Labute approximate surface area is 326 Å². The molecular weight excluding hydrogens is 713 g/mol. The number of hydrogen-bond acceptors (Lipinski definition) is 11. The van der Waals surface area contributed by atoms with Crippen molar-refractivity contribution in [2.75, 3.05) is 20.8 Å². The van der Waals surface area contributed by atoms with E-state index in [0.717, 1.165) is 0 Å². The van der Waals surface area contributed by atoms with Gasteiger partial charge in [0.05, 0.1) is 24.4 Å². The molecule has 3 fully saturated rings. The van der Waals surface area contributed by atoms with Crippen molar-refractivity contribution in [3.63, 3.8) is 0 Å². The van der Waals surface area contributed by atoms with Crippen molar-refractivity contribution >= 4 is 23.4 Å². The highest BCUT2D eigenvalue weighted by Gasteiger charge is 2.56. The van der Waals surface area contributed by atoms with Crippen molar-refractivity contribution in [3.05, 3.63) is 23.3 Å². The number of allylic oxidation sites excluding steroid dienone is 3. The first-order valence-electron chi connectivity index (χ1n) is 20.4. The van der Waals surface area contributed by atoms with E-state index in [9.17, 15) is 34.5 Å². The van der Waals surface area contributed by atoms with E-state index in [0.29, 0.717) is 56.1 Å². The molecule has 0 aromatic rings. The van der Waals surface area contributed by atoms with E-state index in [1.54, 1.807) is 26.8 Å². The molecule has 3 N–H and O–H groups in total. The molecule has 55 heavy (non-hydrogen) atoms. The van der Waals surface area contributed by atoms with E-state index in [-0.39, 0.29) is 49.8 Å². The number of amides is 1. The SMILES string of the molecule is CCC1C=C(C)C(F)C(C)CC(OC)C2OC(O)(C(=O)C(=O)N3CCCCC3C(=O)OC(C(C)=CC3CCC(O)C(O)C3)C(C)CCC1=O)C(C)CC2OC. The third-order valence-electron chi connectivity index (χ3n) is 12.7. The maximum absolute atomic E-state index is 16.1. The second-order valence-electron chi connectivity index (χ2n) is 16.8. The van der Waals surface area contributed by atoms with Gasteiger partial charge in [-0.2, -0.15) is 0 Å². The van der Waals surface area contributed by atoms with Gasteiger partial charge in [0.25, 0.3) is 11.7 Å². The second-order valence-corrected chi connectivity index (χ2v) is 16.8. The topological polar surface area (TPSA) is 169 Å². The van der Waals surface area contributed by atoms with Gasteiger partial charge in [0.2, 0.25) is 5.79 Å². The molecule has 14 unspecified atom stereocenters. The summed E-state index contributed by atoms with van der Waals surface area (Å²) in [5.41, 5.74) is 1.12. The molecule has 13 heteroatoms. The number of carbonyl (C=O) groups is 4. The summed E-state index contributed by atoms with van der Waals surface area (Å²) in [6, 6.07) is -1.10. The Bertz CT molecular complexity index is 1420. The summed E-state index contributed by atoms with van der Waals surface area (Å²) in [4.78, 5) is 57.3. The van der Waals surface area contributed by atoms with E-state index >= 15 is 4.39 Å². The number of ether oxygens (including phenoxy) is 4. The molecule has 2 bridgehead atoms. The number of halogens is 1. The van der Waals surface area contributed by atoms with Crippen molar-refractivity contribution in [1.29, 1.82) is 0 Å². The molecule has 0 spiro atoms. The fourth-order valence-electron chi connectivity index (χ4n) is 9.06. The zero-order valence-corrected chi connectivity index (χ0v) is 34.1. The Morgan fingerprint density at radius 3 is 2.27 bits per heavy atom. The van der Waals surface area contributed by atoms with Crippen LogP contribution in [0.5, 0.6) is 0 Å². The summed E-state index contributed by atoms with van der Waals surface area (Å²) >= 11 is 0. The molecule has 3 aliphatic heterocycles. The summed E-state index contributed by atoms with van der Waals surface area (Å²) in [6.45, 7) is 10.7. The standard InChI is InChI=1S/C42H66FNO11/c1-9-29-19-24(3)36(43)25(4)20-34(52-7)38-35(53-8)21-27(6)42(51,55-38)39(48)40(49)44-17-11-10-12-30(44)41(50)54-37(23(2)13-15-31(29)45)26(5)18-28-14-16-32(46)33(47)22-28/h18-19,23,25,27-30,32-38,46-47,51H,9-17,20-22H2,1-8H3. The van der Waals surface area contributed by atoms with Crippen molar-refractivity contribution < 1.29 is 57.8 Å². The minimum atomic E-state index is -2.57. The van der Waals surface area contributed by atoms with Crippen molar-refractivity contribution in [2.45, 2.75) is 167 Å². The number of nitrogens with zero attached hydrogens (tertiary/aromatic N) is 1. The summed E-state index contributed by atoms with van der Waals surface area (Å²) in [7, 11) is 2.90. The molecule has 312 valence electrons. The zero-order chi connectivity index (χ0) is 40.8. The van der Waals surface area contributed by atoms with Gasteiger partial charge >= 0.3 is 5.97 Å². The first kappa shape index (κ1) is 45.2. The largest absolute Gasteiger partial charge is 0.456 e. The smallest absolute Gasteiger partial charge is 0.329 e. The lowest BCUT2D eigenvalue weighted by Gasteiger charge is -2.47. The van der Waals surface area contributed by atoms with Gasteiger partial charge in [0, 0.05) is 39.0 Å². The molecule has 3 heterocycles. The highest BCUT2D eigenvalue weighted by molar-refractivity contribution is 6.39. The van der Waals surface area contributed by atoms with Crippen LogP contribution in [0.2, 0.25) is 0 Å². The van der Waals surface area contributed by atoms with Gasteiger partial charge in [-0.1, -0.05) is 39.8 Å². The highest BCUT2D eigenvalue weighted by Crippen LogP contribution is 2.39. The molecule has 1 amide bonds. The Kier molecular flexibility index (Phi) is 16.2. The molecule has 0 aromatic carbocycles. The lowest BCUT2D eigenvalue weighted by molar-refractivity contribution is -0.302. The minimum Gasteiger partial charge on any atom is -0.456 e. The third-order valence-corrected chi connectivity index (χ3v) is 12.7. The number of piperidine rings is 1. The third kappa shape index (κ3) is 10.5. The fraction of sp³-hybridized carbons (Fsp3) is 0.810. The number of methoxy groups -OCH3 is 2. The molecule has 1 aliphatic carbocycles. The van der Waals surface area contributed by atoms with Gasteiger partial charge in [0.15, 0.2) is 0 Å². The number of fused-ring (bicyclic) bond motifs is 3. The number of aliphatic hydroxyl groups is 3. The second kappa shape index (κ2) is 19.7. The Hall–Kier alpha value is -2.55. The molecule has 0 aromatic heterocycles. The van der Waals surface area contributed by atoms with Crippen LogP contribution in [0.15, 0.2) is 23.3 Å². The van der Waals surface area contributed by atoms with Crippen LogP contribution in [0.4, 0.5) is 4.39 Å². The molecule has 14 atom stereocenters. The van der Waals surface area contributed by atoms with Crippen molar-refractivity contribution in [2.24, 2.45) is 29.6 Å². The first-order valence-corrected chi connectivity index (χ1v) is 20.4. The van der Waals surface area contributed by atoms with Gasteiger partial charge in [-0.25, -0.2) is 9.18 Å². The molecule has 12 nitrogen and oxygen atoms in total. The molecular formula is C42H66FNO11. The predicted molar refractivity (Wildman–Crippen MR) is 202 cm³/mol. The van der Waals surface area contributed by atoms with Gasteiger partial charge in [-0.3, -0.25) is 14.4 Å². The molecule has 2 saturated heterocycles. The quantitative estimate of drug-likeness (QED) is 0.199. The Morgan fingerprint density at radius 2 is 1.64 bits per heavy atom. The van der Waals surface area contributed by atoms with Crippen LogP contribution in [0.25, 0.3) is 0 Å². The average molecular weight is 780 g/mol. The number of esters is 1. The summed E-state index contributed by atoms with van der Waals surface area (Å²) < 4.78 is 40.1. The number of rotatable bonds is 5. The van der Waals surface area contributed by atoms with Gasteiger partial charge < -0.3 is 39.2 Å². The number of alkyl halides is 1. The van der Waals surface area contributed by atoms with Gasteiger partial charge in [0.1, 0.15) is 30.2 Å². The summed E-state index contributed by atoms with van der Waals surface area (Å²) in [6.07, 6.45) is 1.25. The predicted octanol–water partition coefficient (Wildman–Crippen LogP) is 4.80. The number of carbonyl (C=O) groups excluding carboxylic acids is 4. The van der Waals surface area contributed by atoms with E-state index < -0.39 is 90.0 Å². The van der Waals surface area contributed by atoms with E-state index in [2.05, 4.69) is 0 Å². The maximum Gasteiger partial charge on any atom is 0.329 e. The Balaban J connectivity index is 1.76. The summed E-state index contributed by atoms with van der Waals surface area (Å²) in [5.74, 6) is -8.05. The monoisotopic (exact) mass is 779 g/mol. The lowest BCUT2D eigenvalue weighted by Crippen LogP contribution is -2.64. The minimum absolute atomic E-state index is 0.0557.